The Kier molecular flexibility index (Phi) is 3.48. The summed E-state index contributed by atoms with van der Waals surface area (Å²) in [6.07, 6.45) is 4.64. The first-order valence-electron chi connectivity index (χ1n) is 8.44. The summed E-state index contributed by atoms with van der Waals surface area (Å²) in [7, 11) is 0. The van der Waals surface area contributed by atoms with Gasteiger partial charge in [-0.25, -0.2) is 0 Å². The molecule has 0 amide bonds. The molecule has 0 aromatic carbocycles. The quantitative estimate of drug-likeness (QED) is 0.726. The van der Waals surface area contributed by atoms with Crippen molar-refractivity contribution in [3.8, 4) is 0 Å². The van der Waals surface area contributed by atoms with Gasteiger partial charge in [0, 0.05) is 42.5 Å². The van der Waals surface area contributed by atoms with Crippen molar-refractivity contribution in [1.29, 1.82) is 0 Å². The Bertz CT molecular complexity index is 911. The zero-order chi connectivity index (χ0) is 16.8. The topological polar surface area (TPSA) is 59.2 Å². The Labute approximate surface area is 141 Å². The van der Waals surface area contributed by atoms with Gasteiger partial charge in [0.2, 0.25) is 0 Å². The van der Waals surface area contributed by atoms with E-state index in [4.69, 9.17) is 5.10 Å². The highest BCUT2D eigenvalue weighted by Gasteiger charge is 2.22. The van der Waals surface area contributed by atoms with Crippen molar-refractivity contribution in [3.05, 3.63) is 46.5 Å². The maximum atomic E-state index is 4.75. The van der Waals surface area contributed by atoms with Gasteiger partial charge in [0.1, 0.15) is 6.33 Å². The fourth-order valence-electron chi connectivity index (χ4n) is 3.30. The zero-order valence-electron chi connectivity index (χ0n) is 14.6. The number of hydrogen-bond donors (Lipinski definition) is 0. The molecule has 0 fully saturated rings. The maximum absolute atomic E-state index is 4.75. The molecule has 0 saturated heterocycles. The molecule has 1 aliphatic rings. The number of aromatic nitrogens is 5. The minimum atomic E-state index is 0.494. The lowest BCUT2D eigenvalue weighted by Crippen LogP contribution is -2.33. The fraction of sp³-hybridized carbons (Fsp3) is 0.444. The lowest BCUT2D eigenvalue weighted by molar-refractivity contribution is 0.683. The van der Waals surface area contributed by atoms with Crippen molar-refractivity contribution in [3.63, 3.8) is 0 Å². The second-order valence-corrected chi connectivity index (χ2v) is 6.87. The molecule has 6 nitrogen and oxygen atoms in total. The highest BCUT2D eigenvalue weighted by atomic mass is 15.4. The zero-order valence-corrected chi connectivity index (χ0v) is 14.6. The number of aryl methyl sites for hydroxylation is 1. The molecular formula is C18H22N6. The van der Waals surface area contributed by atoms with Crippen LogP contribution in [-0.4, -0.2) is 31.3 Å². The molecule has 6 heteroatoms. The smallest absolute Gasteiger partial charge is 0.180 e. The SMILES string of the molecule is Cc1c(N2CCc3ncc(C(C)C)cc3C2)nn2cnnc2c1C. The van der Waals surface area contributed by atoms with Crippen molar-refractivity contribution < 1.29 is 0 Å². The van der Waals surface area contributed by atoms with Crippen LogP contribution in [0.25, 0.3) is 5.65 Å². The maximum Gasteiger partial charge on any atom is 0.180 e. The van der Waals surface area contributed by atoms with Gasteiger partial charge < -0.3 is 4.90 Å². The van der Waals surface area contributed by atoms with Crippen LogP contribution in [0, 0.1) is 13.8 Å². The van der Waals surface area contributed by atoms with E-state index in [1.807, 2.05) is 6.20 Å². The van der Waals surface area contributed by atoms with E-state index < -0.39 is 0 Å². The highest BCUT2D eigenvalue weighted by molar-refractivity contribution is 5.59. The fourth-order valence-corrected chi connectivity index (χ4v) is 3.30. The molecule has 0 saturated carbocycles. The largest absolute Gasteiger partial charge is 0.350 e. The normalized spacial score (nSPS) is 14.5. The molecule has 4 rings (SSSR count). The van der Waals surface area contributed by atoms with Crippen LogP contribution < -0.4 is 4.90 Å². The highest BCUT2D eigenvalue weighted by Crippen LogP contribution is 2.28. The molecule has 0 aliphatic carbocycles. The van der Waals surface area contributed by atoms with Gasteiger partial charge in [0.05, 0.1) is 0 Å². The Balaban J connectivity index is 1.74. The molecule has 124 valence electrons. The van der Waals surface area contributed by atoms with E-state index in [9.17, 15) is 0 Å². The lowest BCUT2D eigenvalue weighted by Gasteiger charge is -2.31. The second kappa shape index (κ2) is 5.54. The average molecular weight is 322 g/mol. The van der Waals surface area contributed by atoms with E-state index in [2.05, 4.69) is 53.8 Å². The molecular weight excluding hydrogens is 300 g/mol. The van der Waals surface area contributed by atoms with Gasteiger partial charge in [-0.05, 0) is 30.9 Å². The third-order valence-electron chi connectivity index (χ3n) is 4.99. The molecule has 0 spiro atoms. The van der Waals surface area contributed by atoms with E-state index in [1.54, 1.807) is 10.8 Å². The first-order valence-corrected chi connectivity index (χ1v) is 8.44. The monoisotopic (exact) mass is 322 g/mol. The number of nitrogens with zero attached hydrogens (tertiary/aromatic N) is 6. The van der Waals surface area contributed by atoms with E-state index >= 15 is 0 Å². The lowest BCUT2D eigenvalue weighted by atomic mass is 9.98. The molecule has 0 radical (unpaired) electrons. The predicted molar refractivity (Wildman–Crippen MR) is 93.3 cm³/mol. The van der Waals surface area contributed by atoms with Crippen LogP contribution in [0.1, 0.15) is 47.7 Å². The van der Waals surface area contributed by atoms with Gasteiger partial charge in [-0.3, -0.25) is 4.98 Å². The summed E-state index contributed by atoms with van der Waals surface area (Å²) in [6, 6.07) is 2.30. The molecule has 0 N–H and O–H groups in total. The average Bonchev–Trinajstić information content (AvgIpc) is 3.05. The molecule has 1 aliphatic heterocycles. The summed E-state index contributed by atoms with van der Waals surface area (Å²) in [5.41, 5.74) is 6.97. The molecule has 3 aromatic heterocycles. The van der Waals surface area contributed by atoms with Crippen LogP contribution in [0.15, 0.2) is 18.6 Å². The molecule has 24 heavy (non-hydrogen) atoms. The summed E-state index contributed by atoms with van der Waals surface area (Å²) in [6.45, 7) is 10.4. The number of anilines is 1. The Hall–Kier alpha value is -2.50. The van der Waals surface area contributed by atoms with E-state index in [0.29, 0.717) is 5.92 Å². The van der Waals surface area contributed by atoms with Gasteiger partial charge in [-0.1, -0.05) is 19.9 Å². The minimum Gasteiger partial charge on any atom is -0.350 e. The molecule has 3 aromatic rings. The van der Waals surface area contributed by atoms with E-state index in [0.717, 1.165) is 36.5 Å². The summed E-state index contributed by atoms with van der Waals surface area (Å²) in [5, 5.41) is 12.9. The Morgan fingerprint density at radius 1 is 1.17 bits per heavy atom. The number of fused-ring (bicyclic) bond motifs is 2. The van der Waals surface area contributed by atoms with Gasteiger partial charge in [0.15, 0.2) is 11.5 Å². The van der Waals surface area contributed by atoms with Crippen molar-refractivity contribution >= 4 is 11.5 Å². The van der Waals surface area contributed by atoms with Crippen LogP contribution in [-0.2, 0) is 13.0 Å². The van der Waals surface area contributed by atoms with Crippen molar-refractivity contribution in [1.82, 2.24) is 24.8 Å². The third kappa shape index (κ3) is 2.33. The van der Waals surface area contributed by atoms with Crippen LogP contribution >= 0.6 is 0 Å². The van der Waals surface area contributed by atoms with Crippen LogP contribution in [0.4, 0.5) is 5.82 Å². The third-order valence-corrected chi connectivity index (χ3v) is 4.99. The molecule has 4 heterocycles. The van der Waals surface area contributed by atoms with E-state index in [-0.39, 0.29) is 0 Å². The van der Waals surface area contributed by atoms with E-state index in [1.165, 1.54) is 22.4 Å². The molecule has 0 atom stereocenters. The number of rotatable bonds is 2. The first-order chi connectivity index (χ1) is 11.5. The Morgan fingerprint density at radius 2 is 2.00 bits per heavy atom. The van der Waals surface area contributed by atoms with Gasteiger partial charge >= 0.3 is 0 Å². The molecule has 0 unspecified atom stereocenters. The summed E-state index contributed by atoms with van der Waals surface area (Å²) in [4.78, 5) is 7.02. The van der Waals surface area contributed by atoms with Crippen molar-refractivity contribution in [2.24, 2.45) is 0 Å². The van der Waals surface area contributed by atoms with Crippen molar-refractivity contribution in [2.45, 2.75) is 46.6 Å². The van der Waals surface area contributed by atoms with Gasteiger partial charge in [-0.2, -0.15) is 4.52 Å². The predicted octanol–water partition coefficient (Wildman–Crippen LogP) is 2.82. The minimum absolute atomic E-state index is 0.494. The van der Waals surface area contributed by atoms with Gasteiger partial charge in [0.25, 0.3) is 0 Å². The second-order valence-electron chi connectivity index (χ2n) is 6.87. The summed E-state index contributed by atoms with van der Waals surface area (Å²) >= 11 is 0. The summed E-state index contributed by atoms with van der Waals surface area (Å²) in [5.74, 6) is 1.51. The number of pyridine rings is 1. The van der Waals surface area contributed by atoms with Gasteiger partial charge in [-0.15, -0.1) is 15.3 Å². The molecule has 0 bridgehead atoms. The van der Waals surface area contributed by atoms with Crippen molar-refractivity contribution in [2.75, 3.05) is 11.4 Å². The van der Waals surface area contributed by atoms with Crippen LogP contribution in [0.2, 0.25) is 0 Å². The first kappa shape index (κ1) is 15.1. The summed E-state index contributed by atoms with van der Waals surface area (Å²) < 4.78 is 1.77. The Morgan fingerprint density at radius 3 is 2.79 bits per heavy atom. The van der Waals surface area contributed by atoms with Crippen LogP contribution in [0.3, 0.4) is 0 Å². The standard InChI is InChI=1S/C18H22N6/c1-11(2)14-7-15-9-23(6-5-16(15)19-8-14)18-13(4)12(3)17-21-20-10-24(17)22-18/h7-8,10-11H,5-6,9H2,1-4H3. The number of hydrogen-bond acceptors (Lipinski definition) is 5. The van der Waals surface area contributed by atoms with Crippen LogP contribution in [0.5, 0.6) is 0 Å².